The highest BCUT2D eigenvalue weighted by molar-refractivity contribution is 7.89. The first-order valence-corrected chi connectivity index (χ1v) is 9.75. The summed E-state index contributed by atoms with van der Waals surface area (Å²) in [6, 6.07) is 6.76. The third kappa shape index (κ3) is 2.72. The molecule has 2 saturated heterocycles. The number of anilines is 1. The van der Waals surface area contributed by atoms with Crippen LogP contribution in [0.25, 0.3) is 11.1 Å². The lowest BCUT2D eigenvalue weighted by Crippen LogP contribution is -2.45. The number of hydrogen-bond donors (Lipinski definition) is 0. The second kappa shape index (κ2) is 5.49. The van der Waals surface area contributed by atoms with Crippen LogP contribution in [0, 0.1) is 6.92 Å². The molecule has 0 N–H and O–H groups in total. The Balaban J connectivity index is 1.48. The van der Waals surface area contributed by atoms with Gasteiger partial charge in [0.25, 0.3) is 6.01 Å². The molecule has 2 aliphatic rings. The zero-order valence-corrected chi connectivity index (χ0v) is 14.1. The van der Waals surface area contributed by atoms with E-state index in [0.717, 1.165) is 49.0 Å². The van der Waals surface area contributed by atoms with Gasteiger partial charge in [-0.05, 0) is 43.9 Å². The minimum Gasteiger partial charge on any atom is -0.423 e. The quantitative estimate of drug-likeness (QED) is 0.841. The van der Waals surface area contributed by atoms with Crippen molar-refractivity contribution in [1.29, 1.82) is 0 Å². The summed E-state index contributed by atoms with van der Waals surface area (Å²) in [7, 11) is -3.02. The Bertz CT molecular complexity index is 822. The van der Waals surface area contributed by atoms with E-state index in [9.17, 15) is 8.42 Å². The number of hydrogen-bond acceptors (Lipinski definition) is 5. The summed E-state index contributed by atoms with van der Waals surface area (Å²) in [6.07, 6.45) is 2.42. The zero-order valence-electron chi connectivity index (χ0n) is 13.2. The maximum atomic E-state index is 12.0. The molecule has 0 aliphatic carbocycles. The number of benzene rings is 1. The van der Waals surface area contributed by atoms with E-state index in [1.165, 1.54) is 0 Å². The zero-order chi connectivity index (χ0) is 16.0. The summed E-state index contributed by atoms with van der Waals surface area (Å²) in [6.45, 7) is 4.27. The number of oxazole rings is 1. The maximum Gasteiger partial charge on any atom is 0.298 e. The molecular weight excluding hydrogens is 314 g/mol. The number of nitrogens with zero attached hydrogens (tertiary/aromatic N) is 3. The normalized spacial score (nSPS) is 22.9. The van der Waals surface area contributed by atoms with Gasteiger partial charge in [-0.25, -0.2) is 8.42 Å². The van der Waals surface area contributed by atoms with E-state index in [1.807, 2.05) is 25.1 Å². The lowest BCUT2D eigenvalue weighted by Gasteiger charge is -2.35. The molecule has 3 heterocycles. The van der Waals surface area contributed by atoms with Gasteiger partial charge in [0.05, 0.1) is 5.75 Å². The van der Waals surface area contributed by atoms with Crippen LogP contribution in [-0.2, 0) is 10.0 Å². The molecule has 2 aliphatic heterocycles. The van der Waals surface area contributed by atoms with Gasteiger partial charge >= 0.3 is 0 Å². The monoisotopic (exact) mass is 335 g/mol. The third-order valence-corrected chi connectivity index (χ3v) is 6.81. The van der Waals surface area contributed by atoms with Crippen molar-refractivity contribution in [3.8, 4) is 0 Å². The summed E-state index contributed by atoms with van der Waals surface area (Å²) >= 11 is 0. The second-order valence-electron chi connectivity index (χ2n) is 6.47. The molecule has 6 nitrogen and oxygen atoms in total. The van der Waals surface area contributed by atoms with Gasteiger partial charge in [-0.2, -0.15) is 9.29 Å². The minimum absolute atomic E-state index is 0.130. The van der Waals surface area contributed by atoms with Crippen molar-refractivity contribution in [3.63, 3.8) is 0 Å². The van der Waals surface area contributed by atoms with Gasteiger partial charge in [-0.1, -0.05) is 6.07 Å². The molecular formula is C16H21N3O3S. The molecule has 0 atom stereocenters. The largest absolute Gasteiger partial charge is 0.423 e. The standard InChI is InChI=1S/C16H21N3O3S/c1-12-3-4-15-14(11-12)17-16(22-15)18-8-5-13(6-9-18)19-7-2-10-23(19,20)21/h3-4,11,13H,2,5-10H2,1H3. The fraction of sp³-hybridized carbons (Fsp3) is 0.562. The topological polar surface area (TPSA) is 66.7 Å². The van der Waals surface area contributed by atoms with Gasteiger partial charge in [-0.3, -0.25) is 0 Å². The van der Waals surface area contributed by atoms with Crippen LogP contribution in [0.3, 0.4) is 0 Å². The number of aromatic nitrogens is 1. The Labute approximate surface area is 136 Å². The average Bonchev–Trinajstić information content (AvgIpc) is 3.09. The first-order valence-electron chi connectivity index (χ1n) is 8.15. The predicted molar refractivity (Wildman–Crippen MR) is 89.1 cm³/mol. The van der Waals surface area contributed by atoms with Crippen molar-refractivity contribution in [2.75, 3.05) is 30.3 Å². The molecule has 2 aromatic rings. The first kappa shape index (κ1) is 15.0. The Hall–Kier alpha value is -1.60. The number of rotatable bonds is 2. The van der Waals surface area contributed by atoms with E-state index in [4.69, 9.17) is 4.42 Å². The summed E-state index contributed by atoms with van der Waals surface area (Å²) < 4.78 is 31.6. The summed E-state index contributed by atoms with van der Waals surface area (Å²) in [5.41, 5.74) is 2.84. The second-order valence-corrected chi connectivity index (χ2v) is 8.51. The molecule has 0 spiro atoms. The van der Waals surface area contributed by atoms with Gasteiger partial charge in [0, 0.05) is 25.7 Å². The minimum atomic E-state index is -3.02. The van der Waals surface area contributed by atoms with Crippen LogP contribution >= 0.6 is 0 Å². The van der Waals surface area contributed by atoms with Crippen LogP contribution < -0.4 is 4.90 Å². The number of piperidine rings is 1. The summed E-state index contributed by atoms with van der Waals surface area (Å²) in [5.74, 6) is 0.303. The Morgan fingerprint density at radius 2 is 2.00 bits per heavy atom. The van der Waals surface area contributed by atoms with E-state index in [-0.39, 0.29) is 6.04 Å². The fourth-order valence-electron chi connectivity index (χ4n) is 3.57. The van der Waals surface area contributed by atoms with Crippen LogP contribution in [-0.4, -0.2) is 49.1 Å². The van der Waals surface area contributed by atoms with E-state index in [0.29, 0.717) is 18.3 Å². The molecule has 1 aromatic heterocycles. The van der Waals surface area contributed by atoms with Crippen LogP contribution in [0.2, 0.25) is 0 Å². The number of sulfonamides is 1. The van der Waals surface area contributed by atoms with Crippen molar-refractivity contribution >= 4 is 27.1 Å². The van der Waals surface area contributed by atoms with Gasteiger partial charge in [0.15, 0.2) is 5.58 Å². The van der Waals surface area contributed by atoms with Crippen molar-refractivity contribution in [3.05, 3.63) is 23.8 Å². The van der Waals surface area contributed by atoms with Gasteiger partial charge in [-0.15, -0.1) is 0 Å². The Morgan fingerprint density at radius 3 is 2.70 bits per heavy atom. The number of aryl methyl sites for hydroxylation is 1. The molecule has 0 bridgehead atoms. The molecule has 2 fully saturated rings. The van der Waals surface area contributed by atoms with Crippen LogP contribution in [0.4, 0.5) is 6.01 Å². The van der Waals surface area contributed by atoms with Crippen LogP contribution in [0.5, 0.6) is 0 Å². The smallest absolute Gasteiger partial charge is 0.298 e. The molecule has 4 rings (SSSR count). The first-order chi connectivity index (χ1) is 11.0. The highest BCUT2D eigenvalue weighted by atomic mass is 32.2. The van der Waals surface area contributed by atoms with Gasteiger partial charge in [0.1, 0.15) is 5.52 Å². The lowest BCUT2D eigenvalue weighted by molar-refractivity contribution is 0.287. The summed E-state index contributed by atoms with van der Waals surface area (Å²) in [4.78, 5) is 6.70. The molecule has 0 unspecified atom stereocenters. The molecule has 23 heavy (non-hydrogen) atoms. The lowest BCUT2D eigenvalue weighted by atomic mass is 10.1. The van der Waals surface area contributed by atoms with Crippen molar-refractivity contribution in [1.82, 2.24) is 9.29 Å². The van der Waals surface area contributed by atoms with Crippen molar-refractivity contribution in [2.45, 2.75) is 32.2 Å². The number of fused-ring (bicyclic) bond motifs is 1. The van der Waals surface area contributed by atoms with E-state index in [1.54, 1.807) is 4.31 Å². The highest BCUT2D eigenvalue weighted by Crippen LogP contribution is 2.28. The van der Waals surface area contributed by atoms with Crippen LogP contribution in [0.15, 0.2) is 22.6 Å². The highest BCUT2D eigenvalue weighted by Gasteiger charge is 2.36. The van der Waals surface area contributed by atoms with Crippen molar-refractivity contribution < 1.29 is 12.8 Å². The Kier molecular flexibility index (Phi) is 3.57. The molecule has 0 radical (unpaired) electrons. The van der Waals surface area contributed by atoms with Gasteiger partial charge in [0.2, 0.25) is 10.0 Å². The van der Waals surface area contributed by atoms with E-state index >= 15 is 0 Å². The molecule has 124 valence electrons. The molecule has 0 saturated carbocycles. The Morgan fingerprint density at radius 1 is 1.22 bits per heavy atom. The third-order valence-electron chi connectivity index (χ3n) is 4.81. The van der Waals surface area contributed by atoms with Crippen molar-refractivity contribution in [2.24, 2.45) is 0 Å². The fourth-order valence-corrected chi connectivity index (χ4v) is 5.38. The maximum absolute atomic E-state index is 12.0. The summed E-state index contributed by atoms with van der Waals surface area (Å²) in [5, 5.41) is 0. The SMILES string of the molecule is Cc1ccc2oc(N3CCC(N4CCCS4(=O)=O)CC3)nc2c1. The average molecular weight is 335 g/mol. The van der Waals surface area contributed by atoms with E-state index in [2.05, 4.69) is 9.88 Å². The molecule has 7 heteroatoms. The van der Waals surface area contributed by atoms with E-state index < -0.39 is 10.0 Å². The van der Waals surface area contributed by atoms with Gasteiger partial charge < -0.3 is 9.32 Å². The molecule has 0 amide bonds. The van der Waals surface area contributed by atoms with Crippen LogP contribution in [0.1, 0.15) is 24.8 Å². The molecule has 1 aromatic carbocycles. The predicted octanol–water partition coefficient (Wildman–Crippen LogP) is 2.14.